The molecule has 112 valence electrons. The Balaban J connectivity index is 1.67. The van der Waals surface area contributed by atoms with Crippen LogP contribution in [0.3, 0.4) is 0 Å². The van der Waals surface area contributed by atoms with Crippen molar-refractivity contribution in [2.75, 3.05) is 13.1 Å². The number of piperidine rings is 1. The van der Waals surface area contributed by atoms with Gasteiger partial charge in [-0.1, -0.05) is 18.5 Å². The Bertz CT molecular complexity index is 432. The van der Waals surface area contributed by atoms with Crippen molar-refractivity contribution in [1.29, 1.82) is 0 Å². The Morgan fingerprint density at radius 1 is 1.35 bits per heavy atom. The van der Waals surface area contributed by atoms with Gasteiger partial charge in [0.25, 0.3) is 5.89 Å². The number of nitrogens with zero attached hydrogens (tertiary/aromatic N) is 2. The molecule has 3 rings (SSSR count). The van der Waals surface area contributed by atoms with Gasteiger partial charge in [0.1, 0.15) is 0 Å². The van der Waals surface area contributed by atoms with Crippen LogP contribution < -0.4 is 5.32 Å². The predicted molar refractivity (Wildman–Crippen MR) is 75.3 cm³/mol. The van der Waals surface area contributed by atoms with Crippen molar-refractivity contribution in [3.8, 4) is 0 Å². The molecule has 2 fully saturated rings. The fraction of sp³-hybridized carbons (Fsp3) is 0.867. The first-order valence-electron chi connectivity index (χ1n) is 7.98. The first-order chi connectivity index (χ1) is 9.71. The van der Waals surface area contributed by atoms with Gasteiger partial charge in [-0.15, -0.1) is 0 Å². The van der Waals surface area contributed by atoms with E-state index in [2.05, 4.69) is 22.4 Å². The highest BCUT2D eigenvalue weighted by atomic mass is 16.5. The summed E-state index contributed by atoms with van der Waals surface area (Å²) in [6, 6.07) is 0. The predicted octanol–water partition coefficient (Wildman–Crippen LogP) is 2.32. The Labute approximate surface area is 120 Å². The van der Waals surface area contributed by atoms with Gasteiger partial charge in [-0.3, -0.25) is 0 Å². The molecule has 2 aliphatic rings. The molecule has 0 amide bonds. The number of aliphatic hydroxyl groups is 1. The summed E-state index contributed by atoms with van der Waals surface area (Å²) in [4.78, 5) is 4.51. The van der Waals surface area contributed by atoms with Crippen molar-refractivity contribution < 1.29 is 9.63 Å². The van der Waals surface area contributed by atoms with E-state index in [1.165, 1.54) is 19.3 Å². The van der Waals surface area contributed by atoms with E-state index in [0.29, 0.717) is 24.8 Å². The monoisotopic (exact) mass is 279 g/mol. The number of rotatable bonds is 3. The lowest BCUT2D eigenvalue weighted by Crippen LogP contribution is -2.43. The van der Waals surface area contributed by atoms with E-state index < -0.39 is 5.60 Å². The van der Waals surface area contributed by atoms with Gasteiger partial charge < -0.3 is 14.9 Å². The third-order valence-corrected chi connectivity index (χ3v) is 4.99. The van der Waals surface area contributed by atoms with Gasteiger partial charge in [0, 0.05) is 12.5 Å². The maximum Gasteiger partial charge on any atom is 0.259 e. The van der Waals surface area contributed by atoms with Crippen molar-refractivity contribution in [2.45, 2.75) is 63.4 Å². The van der Waals surface area contributed by atoms with Gasteiger partial charge in [-0.2, -0.15) is 4.98 Å². The zero-order valence-electron chi connectivity index (χ0n) is 12.3. The normalized spacial score (nSPS) is 35.1. The average Bonchev–Trinajstić information content (AvgIpc) is 2.99. The van der Waals surface area contributed by atoms with Crippen LogP contribution in [0.15, 0.2) is 4.52 Å². The SMILES string of the molecule is CCC1CCC(c2noc(C3(O)CCCNC3)n2)CC1. The van der Waals surface area contributed by atoms with Gasteiger partial charge in [0.05, 0.1) is 0 Å². The fourth-order valence-electron chi connectivity index (χ4n) is 3.49. The molecule has 2 N–H and O–H groups in total. The standard InChI is InChI=1S/C15H25N3O2/c1-2-11-4-6-12(7-5-11)13-17-14(20-18-13)15(19)8-3-9-16-10-15/h11-12,16,19H,2-10H2,1H3. The van der Waals surface area contributed by atoms with E-state index in [-0.39, 0.29) is 0 Å². The van der Waals surface area contributed by atoms with Crippen LogP contribution in [0, 0.1) is 5.92 Å². The van der Waals surface area contributed by atoms with Gasteiger partial charge in [0.2, 0.25) is 0 Å². The first-order valence-corrected chi connectivity index (χ1v) is 7.98. The Hall–Kier alpha value is -0.940. The summed E-state index contributed by atoms with van der Waals surface area (Å²) in [7, 11) is 0. The molecule has 1 aliphatic carbocycles. The third kappa shape index (κ3) is 2.74. The summed E-state index contributed by atoms with van der Waals surface area (Å²) < 4.78 is 5.36. The van der Waals surface area contributed by atoms with E-state index in [9.17, 15) is 5.11 Å². The molecule has 1 aromatic heterocycles. The van der Waals surface area contributed by atoms with Crippen molar-refractivity contribution in [3.63, 3.8) is 0 Å². The third-order valence-electron chi connectivity index (χ3n) is 4.99. The molecule has 1 saturated carbocycles. The summed E-state index contributed by atoms with van der Waals surface area (Å²) in [5.41, 5.74) is -0.968. The van der Waals surface area contributed by atoms with E-state index in [4.69, 9.17) is 4.52 Å². The molecule has 2 heterocycles. The van der Waals surface area contributed by atoms with Crippen LogP contribution in [0.25, 0.3) is 0 Å². The first kappa shape index (κ1) is 14.0. The lowest BCUT2D eigenvalue weighted by atomic mass is 9.80. The molecule has 20 heavy (non-hydrogen) atoms. The van der Waals surface area contributed by atoms with E-state index >= 15 is 0 Å². The minimum atomic E-state index is -0.968. The summed E-state index contributed by atoms with van der Waals surface area (Å²) >= 11 is 0. The molecule has 1 atom stereocenters. The van der Waals surface area contributed by atoms with E-state index in [1.54, 1.807) is 0 Å². The molecule has 0 radical (unpaired) electrons. The van der Waals surface area contributed by atoms with Crippen LogP contribution in [-0.4, -0.2) is 28.3 Å². The van der Waals surface area contributed by atoms with Crippen LogP contribution >= 0.6 is 0 Å². The van der Waals surface area contributed by atoms with Gasteiger partial charge in [-0.05, 0) is 51.0 Å². The zero-order chi connectivity index (χ0) is 14.0. The Kier molecular flexibility index (Phi) is 4.08. The van der Waals surface area contributed by atoms with Crippen molar-refractivity contribution in [3.05, 3.63) is 11.7 Å². The minimum Gasteiger partial charge on any atom is -0.379 e. The van der Waals surface area contributed by atoms with E-state index in [0.717, 1.165) is 37.5 Å². The smallest absolute Gasteiger partial charge is 0.259 e. The second-order valence-corrected chi connectivity index (χ2v) is 6.40. The molecule has 0 spiro atoms. The van der Waals surface area contributed by atoms with Crippen LogP contribution in [-0.2, 0) is 5.60 Å². The van der Waals surface area contributed by atoms with E-state index in [1.807, 2.05) is 0 Å². The van der Waals surface area contributed by atoms with Crippen molar-refractivity contribution in [2.24, 2.45) is 5.92 Å². The fourth-order valence-corrected chi connectivity index (χ4v) is 3.49. The second-order valence-electron chi connectivity index (χ2n) is 6.40. The number of nitrogens with one attached hydrogen (secondary N) is 1. The highest BCUT2D eigenvalue weighted by Crippen LogP contribution is 2.36. The highest BCUT2D eigenvalue weighted by Gasteiger charge is 2.38. The van der Waals surface area contributed by atoms with Gasteiger partial charge in [0.15, 0.2) is 11.4 Å². The van der Waals surface area contributed by atoms with Crippen molar-refractivity contribution >= 4 is 0 Å². The number of aromatic nitrogens is 2. The molecule has 1 aromatic rings. The Morgan fingerprint density at radius 2 is 2.15 bits per heavy atom. The lowest BCUT2D eigenvalue weighted by molar-refractivity contribution is -0.0167. The molecule has 5 nitrogen and oxygen atoms in total. The van der Waals surface area contributed by atoms with Crippen LogP contribution in [0.1, 0.15) is 69.5 Å². The average molecular weight is 279 g/mol. The summed E-state index contributed by atoms with van der Waals surface area (Å²) in [6.07, 6.45) is 7.73. The largest absolute Gasteiger partial charge is 0.379 e. The molecular weight excluding hydrogens is 254 g/mol. The quantitative estimate of drug-likeness (QED) is 0.888. The molecular formula is C15H25N3O2. The number of hydrogen-bond donors (Lipinski definition) is 2. The topological polar surface area (TPSA) is 71.2 Å². The molecule has 1 aliphatic heterocycles. The molecule has 1 unspecified atom stereocenters. The maximum absolute atomic E-state index is 10.6. The highest BCUT2D eigenvalue weighted by molar-refractivity contribution is 5.05. The summed E-state index contributed by atoms with van der Waals surface area (Å²) in [5, 5.41) is 17.9. The summed E-state index contributed by atoms with van der Waals surface area (Å²) in [5.74, 6) is 2.48. The summed E-state index contributed by atoms with van der Waals surface area (Å²) in [6.45, 7) is 3.73. The van der Waals surface area contributed by atoms with Gasteiger partial charge >= 0.3 is 0 Å². The number of β-amino-alcohol motifs (C(OH)–C–C–N with tert-alkyl or cyclic N) is 1. The maximum atomic E-state index is 10.6. The minimum absolute atomic E-state index is 0.400. The van der Waals surface area contributed by atoms with Crippen molar-refractivity contribution in [1.82, 2.24) is 15.5 Å². The zero-order valence-corrected chi connectivity index (χ0v) is 12.3. The molecule has 1 saturated heterocycles. The molecule has 0 aromatic carbocycles. The van der Waals surface area contributed by atoms with Crippen LogP contribution in [0.4, 0.5) is 0 Å². The molecule has 5 heteroatoms. The Morgan fingerprint density at radius 3 is 2.80 bits per heavy atom. The van der Waals surface area contributed by atoms with Crippen LogP contribution in [0.2, 0.25) is 0 Å². The lowest BCUT2D eigenvalue weighted by Gasteiger charge is -2.29. The molecule has 0 bridgehead atoms. The van der Waals surface area contributed by atoms with Gasteiger partial charge in [-0.25, -0.2) is 0 Å². The second kappa shape index (κ2) is 5.82. The number of hydrogen-bond acceptors (Lipinski definition) is 5. The van der Waals surface area contributed by atoms with Crippen LogP contribution in [0.5, 0.6) is 0 Å².